The Morgan fingerprint density at radius 2 is 1.70 bits per heavy atom. The van der Waals surface area contributed by atoms with E-state index in [9.17, 15) is 19.4 Å². The number of pyridine rings is 1. The van der Waals surface area contributed by atoms with Crippen LogP contribution in [0.4, 0.5) is 13.6 Å². The van der Waals surface area contributed by atoms with E-state index in [1.165, 1.54) is 38.1 Å². The van der Waals surface area contributed by atoms with Crippen molar-refractivity contribution in [2.75, 3.05) is 6.54 Å². The number of aliphatic hydroxyl groups is 2. The van der Waals surface area contributed by atoms with Gasteiger partial charge in [-0.2, -0.15) is 0 Å². The topological polar surface area (TPSA) is 91.7 Å². The summed E-state index contributed by atoms with van der Waals surface area (Å²) in [5, 5.41) is 25.1. The van der Waals surface area contributed by atoms with E-state index in [0.29, 0.717) is 24.0 Å². The Morgan fingerprint density at radius 3 is 2.18 bits per heavy atom. The number of benzene rings is 1. The molecule has 1 aromatic heterocycles. The minimum absolute atomic E-state index is 0.0110. The first-order chi connectivity index (χ1) is 15.1. The third kappa shape index (κ3) is 5.50. The maximum atomic E-state index is 15.6. The summed E-state index contributed by atoms with van der Waals surface area (Å²) in [6, 6.07) is 5.17. The summed E-state index contributed by atoms with van der Waals surface area (Å²) in [6.45, 7) is 9.49. The highest BCUT2D eigenvalue weighted by Gasteiger charge is 2.49. The van der Waals surface area contributed by atoms with Crippen molar-refractivity contribution in [3.05, 3.63) is 52.7 Å². The molecule has 1 saturated carbocycles. The fourth-order valence-corrected chi connectivity index (χ4v) is 4.10. The van der Waals surface area contributed by atoms with Gasteiger partial charge in [0, 0.05) is 11.1 Å². The van der Waals surface area contributed by atoms with Gasteiger partial charge in [0.25, 0.3) is 0 Å². The van der Waals surface area contributed by atoms with Crippen molar-refractivity contribution in [1.82, 2.24) is 10.3 Å². The lowest BCUT2D eigenvalue weighted by molar-refractivity contribution is 0.000447. The molecule has 0 aliphatic heterocycles. The number of amides is 1. The molecule has 33 heavy (non-hydrogen) atoms. The lowest BCUT2D eigenvalue weighted by atomic mass is 9.83. The molecule has 1 aliphatic carbocycles. The molecule has 1 heterocycles. The van der Waals surface area contributed by atoms with Gasteiger partial charge < -0.3 is 20.3 Å². The first kappa shape index (κ1) is 25.1. The van der Waals surface area contributed by atoms with E-state index in [2.05, 4.69) is 10.3 Å². The lowest BCUT2D eigenvalue weighted by Crippen LogP contribution is -2.45. The van der Waals surface area contributed by atoms with Crippen LogP contribution in [0.3, 0.4) is 0 Å². The van der Waals surface area contributed by atoms with Crippen molar-refractivity contribution in [3.63, 3.8) is 0 Å². The molecule has 1 fully saturated rings. The fraction of sp³-hybridized carbons (Fsp3) is 0.520. The molecule has 1 amide bonds. The van der Waals surface area contributed by atoms with Gasteiger partial charge in [-0.25, -0.2) is 18.6 Å². The zero-order chi connectivity index (χ0) is 24.8. The Morgan fingerprint density at radius 1 is 1.12 bits per heavy atom. The molecule has 1 atom stereocenters. The Balaban J connectivity index is 2.13. The molecule has 0 spiro atoms. The Hall–Kier alpha value is -2.58. The number of nitrogens with one attached hydrogen (secondary N) is 1. The number of aromatic nitrogens is 1. The molecule has 0 bridgehead atoms. The zero-order valence-electron chi connectivity index (χ0n) is 19.9. The van der Waals surface area contributed by atoms with Crippen molar-refractivity contribution < 1.29 is 28.5 Å². The van der Waals surface area contributed by atoms with Gasteiger partial charge >= 0.3 is 6.09 Å². The third-order valence-corrected chi connectivity index (χ3v) is 5.67. The minimum atomic E-state index is -1.61. The summed E-state index contributed by atoms with van der Waals surface area (Å²) in [6.07, 6.45) is 0.714. The monoisotopic (exact) mass is 462 g/mol. The van der Waals surface area contributed by atoms with E-state index in [1.807, 2.05) is 0 Å². The van der Waals surface area contributed by atoms with E-state index in [-0.39, 0.29) is 29.4 Å². The summed E-state index contributed by atoms with van der Waals surface area (Å²) in [5.74, 6) is -1.43. The molecule has 0 saturated heterocycles. The average Bonchev–Trinajstić information content (AvgIpc) is 3.50. The number of halogens is 2. The molecule has 6 nitrogen and oxygen atoms in total. The Bertz CT molecular complexity index is 1040. The number of carbonyl (C=O) groups is 1. The minimum Gasteiger partial charge on any atom is -0.444 e. The van der Waals surface area contributed by atoms with Crippen LogP contribution in [-0.2, 0) is 15.9 Å². The first-order valence-corrected chi connectivity index (χ1v) is 11.0. The van der Waals surface area contributed by atoms with Gasteiger partial charge in [-0.05, 0) is 90.1 Å². The van der Waals surface area contributed by atoms with Crippen LogP contribution in [0.5, 0.6) is 0 Å². The van der Waals surface area contributed by atoms with Crippen LogP contribution in [-0.4, -0.2) is 33.4 Å². The van der Waals surface area contributed by atoms with Gasteiger partial charge in [-0.1, -0.05) is 0 Å². The molecule has 8 heteroatoms. The van der Waals surface area contributed by atoms with E-state index < -0.39 is 34.5 Å². The standard InChI is InChI=1S/C25H32F2N2O4/c1-14-18(24(5,6)31)19(27)20(15-7-11-17(26)12-8-15)29-21(14)25(32,16-9-10-16)13-28-22(30)33-23(2,3)4/h7-8,11-12,16,31-32H,9-10,13H2,1-6H3,(H,28,30). The highest BCUT2D eigenvalue weighted by molar-refractivity contribution is 5.68. The van der Waals surface area contributed by atoms with Crippen molar-refractivity contribution >= 4 is 6.09 Å². The summed E-state index contributed by atoms with van der Waals surface area (Å²) >= 11 is 0. The maximum Gasteiger partial charge on any atom is 0.407 e. The number of rotatable bonds is 6. The van der Waals surface area contributed by atoms with Crippen molar-refractivity contribution in [1.29, 1.82) is 0 Å². The van der Waals surface area contributed by atoms with Crippen LogP contribution in [0.1, 0.15) is 64.3 Å². The fourth-order valence-electron chi connectivity index (χ4n) is 4.10. The molecule has 1 aromatic carbocycles. The summed E-state index contributed by atoms with van der Waals surface area (Å²) in [7, 11) is 0. The quantitative estimate of drug-likeness (QED) is 0.580. The van der Waals surface area contributed by atoms with Gasteiger partial charge in [0.15, 0.2) is 5.82 Å². The van der Waals surface area contributed by atoms with E-state index >= 15 is 4.39 Å². The van der Waals surface area contributed by atoms with Gasteiger partial charge in [-0.3, -0.25) is 0 Å². The van der Waals surface area contributed by atoms with Crippen LogP contribution in [0.2, 0.25) is 0 Å². The molecule has 180 valence electrons. The predicted octanol–water partition coefficient (Wildman–Crippen LogP) is 4.68. The third-order valence-electron chi connectivity index (χ3n) is 5.67. The van der Waals surface area contributed by atoms with Gasteiger partial charge in [0.2, 0.25) is 0 Å². The van der Waals surface area contributed by atoms with Crippen LogP contribution in [0.15, 0.2) is 24.3 Å². The molecular weight excluding hydrogens is 430 g/mol. The SMILES string of the molecule is Cc1c(C(O)(CNC(=O)OC(C)(C)C)C2CC2)nc(-c2ccc(F)cc2)c(F)c1C(C)(C)O. The Labute approximate surface area is 193 Å². The molecule has 3 N–H and O–H groups in total. The number of carbonyl (C=O) groups excluding carboxylic acids is 1. The molecule has 1 unspecified atom stereocenters. The van der Waals surface area contributed by atoms with Gasteiger partial charge in [-0.15, -0.1) is 0 Å². The molecule has 2 aromatic rings. The second kappa shape index (κ2) is 8.65. The van der Waals surface area contributed by atoms with Crippen LogP contribution < -0.4 is 5.32 Å². The van der Waals surface area contributed by atoms with Crippen molar-refractivity contribution in [2.24, 2.45) is 5.92 Å². The number of nitrogens with zero attached hydrogens (tertiary/aromatic N) is 1. The van der Waals surface area contributed by atoms with E-state index in [4.69, 9.17) is 4.74 Å². The van der Waals surface area contributed by atoms with Gasteiger partial charge in [0.1, 0.15) is 22.7 Å². The van der Waals surface area contributed by atoms with Crippen LogP contribution >= 0.6 is 0 Å². The number of ether oxygens (including phenoxy) is 1. The molecule has 3 rings (SSSR count). The highest BCUT2D eigenvalue weighted by atomic mass is 19.1. The molecular formula is C25H32F2N2O4. The summed E-state index contributed by atoms with van der Waals surface area (Å²) in [4.78, 5) is 16.7. The van der Waals surface area contributed by atoms with E-state index in [0.717, 1.165) is 0 Å². The maximum absolute atomic E-state index is 15.6. The Kier molecular flexibility index (Phi) is 6.56. The highest BCUT2D eigenvalue weighted by Crippen LogP contribution is 2.47. The zero-order valence-corrected chi connectivity index (χ0v) is 19.9. The molecule has 1 aliphatic rings. The predicted molar refractivity (Wildman–Crippen MR) is 120 cm³/mol. The van der Waals surface area contributed by atoms with Gasteiger partial charge in [0.05, 0.1) is 17.8 Å². The van der Waals surface area contributed by atoms with Crippen molar-refractivity contribution in [2.45, 2.75) is 71.2 Å². The second-order valence-electron chi connectivity index (χ2n) is 10.2. The largest absolute Gasteiger partial charge is 0.444 e. The average molecular weight is 463 g/mol. The van der Waals surface area contributed by atoms with Crippen molar-refractivity contribution in [3.8, 4) is 11.3 Å². The number of alkyl carbamates (subject to hydrolysis) is 1. The van der Waals surface area contributed by atoms with Crippen LogP contribution in [0.25, 0.3) is 11.3 Å². The smallest absolute Gasteiger partial charge is 0.407 e. The second-order valence-corrected chi connectivity index (χ2v) is 10.2. The number of hydrogen-bond donors (Lipinski definition) is 3. The molecule has 0 radical (unpaired) electrons. The number of hydrogen-bond acceptors (Lipinski definition) is 5. The van der Waals surface area contributed by atoms with Crippen LogP contribution in [0, 0.1) is 24.5 Å². The normalized spacial score (nSPS) is 16.3. The summed E-state index contributed by atoms with van der Waals surface area (Å²) in [5.41, 5.74) is -3.25. The first-order valence-electron chi connectivity index (χ1n) is 11.0. The summed E-state index contributed by atoms with van der Waals surface area (Å²) < 4.78 is 34.4. The lowest BCUT2D eigenvalue weighted by Gasteiger charge is -2.33. The van der Waals surface area contributed by atoms with E-state index in [1.54, 1.807) is 27.7 Å².